The molecule has 1 aromatic heterocycles. The molecule has 0 spiro atoms. The van der Waals surface area contributed by atoms with Crippen molar-refractivity contribution >= 4 is 22.6 Å². The first-order valence-electron chi connectivity index (χ1n) is 7.88. The molecule has 5 nitrogen and oxygen atoms in total. The van der Waals surface area contributed by atoms with Gasteiger partial charge in [-0.25, -0.2) is 9.18 Å². The van der Waals surface area contributed by atoms with E-state index in [2.05, 4.69) is 0 Å². The first kappa shape index (κ1) is 15.5. The molecule has 2 heterocycles. The molecule has 6 heteroatoms. The molecule has 23 heavy (non-hydrogen) atoms. The van der Waals surface area contributed by atoms with Crippen molar-refractivity contribution < 1.29 is 14.3 Å². The summed E-state index contributed by atoms with van der Waals surface area (Å²) in [5, 5.41) is 9.27. The van der Waals surface area contributed by atoms with Gasteiger partial charge in [-0.3, -0.25) is 4.79 Å². The van der Waals surface area contributed by atoms with Gasteiger partial charge >= 0.3 is 5.97 Å². The van der Waals surface area contributed by atoms with Gasteiger partial charge in [0.15, 0.2) is 0 Å². The molecule has 0 amide bonds. The van der Waals surface area contributed by atoms with Gasteiger partial charge in [-0.15, -0.1) is 0 Å². The normalized spacial score (nSPS) is 15.1. The predicted octanol–water partition coefficient (Wildman–Crippen LogP) is 2.85. The Morgan fingerprint density at radius 3 is 2.57 bits per heavy atom. The monoisotopic (exact) mass is 318 g/mol. The molecule has 0 bridgehead atoms. The van der Waals surface area contributed by atoms with Crippen LogP contribution in [0.1, 0.15) is 36.5 Å². The Morgan fingerprint density at radius 2 is 1.96 bits per heavy atom. The van der Waals surface area contributed by atoms with E-state index in [4.69, 9.17) is 5.11 Å². The van der Waals surface area contributed by atoms with E-state index in [9.17, 15) is 14.0 Å². The quantitative estimate of drug-likeness (QED) is 0.945. The lowest BCUT2D eigenvalue weighted by atomic mass is 10.1. The molecule has 0 saturated carbocycles. The molecule has 3 rings (SSSR count). The van der Waals surface area contributed by atoms with E-state index in [0.717, 1.165) is 32.4 Å². The molecule has 2 aromatic rings. The summed E-state index contributed by atoms with van der Waals surface area (Å²) in [5.41, 5.74) is 0.0946. The van der Waals surface area contributed by atoms with Crippen LogP contribution in [-0.2, 0) is 6.54 Å². The van der Waals surface area contributed by atoms with Crippen molar-refractivity contribution in [3.05, 3.63) is 39.9 Å². The Morgan fingerprint density at radius 1 is 1.26 bits per heavy atom. The van der Waals surface area contributed by atoms with Crippen molar-refractivity contribution in [2.24, 2.45) is 0 Å². The van der Waals surface area contributed by atoms with Crippen molar-refractivity contribution in [3.63, 3.8) is 0 Å². The molecular weight excluding hydrogens is 299 g/mol. The average molecular weight is 318 g/mol. The minimum absolute atomic E-state index is 0.116. The number of carboxylic acid groups (broad SMARTS) is 1. The fourth-order valence-electron chi connectivity index (χ4n) is 3.19. The van der Waals surface area contributed by atoms with Gasteiger partial charge in [0.25, 0.3) is 0 Å². The van der Waals surface area contributed by atoms with Crippen LogP contribution in [-0.4, -0.2) is 28.7 Å². The number of rotatable bonds is 3. The fourth-order valence-corrected chi connectivity index (χ4v) is 3.19. The van der Waals surface area contributed by atoms with Gasteiger partial charge < -0.3 is 14.6 Å². The summed E-state index contributed by atoms with van der Waals surface area (Å²) in [6.07, 6.45) is 4.53. The first-order valence-corrected chi connectivity index (χ1v) is 7.88. The smallest absolute Gasteiger partial charge is 0.341 e. The van der Waals surface area contributed by atoms with Crippen LogP contribution in [0.15, 0.2) is 23.1 Å². The summed E-state index contributed by atoms with van der Waals surface area (Å²) >= 11 is 0. The zero-order valence-corrected chi connectivity index (χ0v) is 13.0. The van der Waals surface area contributed by atoms with Crippen LogP contribution < -0.4 is 10.3 Å². The first-order chi connectivity index (χ1) is 11.0. The summed E-state index contributed by atoms with van der Waals surface area (Å²) < 4.78 is 16.2. The van der Waals surface area contributed by atoms with Crippen LogP contribution in [0, 0.1) is 5.82 Å². The molecule has 0 unspecified atom stereocenters. The predicted molar refractivity (Wildman–Crippen MR) is 86.9 cm³/mol. The van der Waals surface area contributed by atoms with Crippen LogP contribution >= 0.6 is 0 Å². The average Bonchev–Trinajstić information content (AvgIpc) is 2.55. The summed E-state index contributed by atoms with van der Waals surface area (Å²) in [6, 6.07) is 2.85. The molecule has 0 atom stereocenters. The molecule has 1 N–H and O–H groups in total. The number of carbonyl (C=O) groups is 1. The highest BCUT2D eigenvalue weighted by Gasteiger charge is 2.20. The molecule has 1 aromatic carbocycles. The van der Waals surface area contributed by atoms with Gasteiger partial charge in [0.05, 0.1) is 11.2 Å². The third-order valence-corrected chi connectivity index (χ3v) is 4.42. The van der Waals surface area contributed by atoms with E-state index >= 15 is 0 Å². The second-order valence-corrected chi connectivity index (χ2v) is 5.83. The van der Waals surface area contributed by atoms with Gasteiger partial charge in [0.1, 0.15) is 11.4 Å². The largest absolute Gasteiger partial charge is 0.477 e. The van der Waals surface area contributed by atoms with Gasteiger partial charge in [-0.2, -0.15) is 0 Å². The third kappa shape index (κ3) is 2.69. The minimum atomic E-state index is -1.29. The number of aryl methyl sites for hydroxylation is 1. The van der Waals surface area contributed by atoms with E-state index in [1.54, 1.807) is 10.6 Å². The zero-order valence-electron chi connectivity index (χ0n) is 13.0. The standard InChI is InChI=1S/C17H19FN2O3/c1-2-19-10-12(17(22)23)16(21)11-8-13(18)15(9-14(11)19)20-6-4-3-5-7-20/h8-10H,2-7H2,1H3,(H,22,23). The van der Waals surface area contributed by atoms with Crippen molar-refractivity contribution in [2.45, 2.75) is 32.7 Å². The molecule has 1 saturated heterocycles. The number of hydrogen-bond acceptors (Lipinski definition) is 3. The SMILES string of the molecule is CCn1cc(C(=O)O)c(=O)c2cc(F)c(N3CCCCC3)cc21. The Hall–Kier alpha value is -2.37. The van der Waals surface area contributed by atoms with E-state index in [-0.39, 0.29) is 10.9 Å². The number of aromatic nitrogens is 1. The topological polar surface area (TPSA) is 62.5 Å². The minimum Gasteiger partial charge on any atom is -0.477 e. The highest BCUT2D eigenvalue weighted by Crippen LogP contribution is 2.27. The second-order valence-electron chi connectivity index (χ2n) is 5.83. The van der Waals surface area contributed by atoms with Crippen LogP contribution in [0.25, 0.3) is 10.9 Å². The molecular formula is C17H19FN2O3. The van der Waals surface area contributed by atoms with Crippen molar-refractivity contribution in [3.8, 4) is 0 Å². The lowest BCUT2D eigenvalue weighted by Crippen LogP contribution is -2.30. The molecule has 0 aliphatic carbocycles. The van der Waals surface area contributed by atoms with Crippen LogP contribution in [0.2, 0.25) is 0 Å². The number of carboxylic acids is 1. The number of pyridine rings is 1. The van der Waals surface area contributed by atoms with E-state index < -0.39 is 17.2 Å². The molecule has 122 valence electrons. The number of piperidine rings is 1. The van der Waals surface area contributed by atoms with Crippen LogP contribution in [0.5, 0.6) is 0 Å². The summed E-state index contributed by atoms with van der Waals surface area (Å²) in [7, 11) is 0. The third-order valence-electron chi connectivity index (χ3n) is 4.42. The molecule has 1 aliphatic rings. The molecule has 1 fully saturated rings. The summed E-state index contributed by atoms with van der Waals surface area (Å²) in [5.74, 6) is -1.76. The lowest BCUT2D eigenvalue weighted by molar-refractivity contribution is 0.0695. The van der Waals surface area contributed by atoms with E-state index in [0.29, 0.717) is 17.7 Å². The molecule has 0 radical (unpaired) electrons. The van der Waals surface area contributed by atoms with Crippen molar-refractivity contribution in [1.82, 2.24) is 4.57 Å². The maximum absolute atomic E-state index is 14.5. The number of anilines is 1. The Balaban J connectivity index is 2.24. The number of fused-ring (bicyclic) bond motifs is 1. The van der Waals surface area contributed by atoms with Crippen LogP contribution in [0.4, 0.5) is 10.1 Å². The van der Waals surface area contributed by atoms with Crippen molar-refractivity contribution in [2.75, 3.05) is 18.0 Å². The number of halogens is 1. The van der Waals surface area contributed by atoms with E-state index in [1.807, 2.05) is 11.8 Å². The van der Waals surface area contributed by atoms with Gasteiger partial charge in [-0.1, -0.05) is 0 Å². The summed E-state index contributed by atoms with van der Waals surface area (Å²) in [4.78, 5) is 25.5. The lowest BCUT2D eigenvalue weighted by Gasteiger charge is -2.29. The highest BCUT2D eigenvalue weighted by atomic mass is 19.1. The highest BCUT2D eigenvalue weighted by molar-refractivity contribution is 5.93. The van der Waals surface area contributed by atoms with Gasteiger partial charge in [0, 0.05) is 31.2 Å². The van der Waals surface area contributed by atoms with Gasteiger partial charge in [0.2, 0.25) is 5.43 Å². The fraction of sp³-hybridized carbons (Fsp3) is 0.412. The second kappa shape index (κ2) is 6.02. The van der Waals surface area contributed by atoms with E-state index in [1.165, 1.54) is 12.3 Å². The number of benzene rings is 1. The Kier molecular flexibility index (Phi) is 4.07. The maximum atomic E-state index is 14.5. The number of nitrogens with zero attached hydrogens (tertiary/aromatic N) is 2. The zero-order chi connectivity index (χ0) is 16.6. The number of aromatic carboxylic acids is 1. The Labute approximate surface area is 132 Å². The van der Waals surface area contributed by atoms with Crippen molar-refractivity contribution in [1.29, 1.82) is 0 Å². The Bertz CT molecular complexity index is 823. The van der Waals surface area contributed by atoms with Gasteiger partial charge in [-0.05, 0) is 38.3 Å². The molecule has 1 aliphatic heterocycles. The van der Waals surface area contributed by atoms with Crippen LogP contribution in [0.3, 0.4) is 0 Å². The maximum Gasteiger partial charge on any atom is 0.341 e. The summed E-state index contributed by atoms with van der Waals surface area (Å²) in [6.45, 7) is 3.96. The number of hydrogen-bond donors (Lipinski definition) is 1.